The highest BCUT2D eigenvalue weighted by Gasteiger charge is 2.11. The molecule has 0 radical (unpaired) electrons. The summed E-state index contributed by atoms with van der Waals surface area (Å²) >= 11 is 0. The fourth-order valence-corrected chi connectivity index (χ4v) is 2.28. The van der Waals surface area contributed by atoms with Gasteiger partial charge in [0.15, 0.2) is 0 Å². The largest absolute Gasteiger partial charge is 0.277 e. The summed E-state index contributed by atoms with van der Waals surface area (Å²) < 4.78 is 0. The Balaban J connectivity index is 2.27. The molecule has 3 nitrogen and oxygen atoms in total. The molecular formula is C15H15N3. The lowest BCUT2D eigenvalue weighted by molar-refractivity contribution is 1.02. The van der Waals surface area contributed by atoms with Crippen molar-refractivity contribution in [3.05, 3.63) is 47.8 Å². The maximum absolute atomic E-state index is 4.62. The predicted octanol–water partition coefficient (Wildman–Crippen LogP) is 3.50. The van der Waals surface area contributed by atoms with E-state index in [0.717, 1.165) is 40.0 Å². The highest BCUT2D eigenvalue weighted by atomic mass is 15.1. The van der Waals surface area contributed by atoms with Gasteiger partial charge in [-0.25, -0.2) is 0 Å². The Kier molecular flexibility index (Phi) is 2.59. The van der Waals surface area contributed by atoms with Crippen LogP contribution < -0.4 is 0 Å². The molecule has 3 heteroatoms. The summed E-state index contributed by atoms with van der Waals surface area (Å²) in [6.07, 6.45) is 0.941. The second-order valence-electron chi connectivity index (χ2n) is 4.41. The van der Waals surface area contributed by atoms with Gasteiger partial charge in [-0.05, 0) is 19.4 Å². The summed E-state index contributed by atoms with van der Waals surface area (Å²) in [6, 6.07) is 12.3. The molecule has 90 valence electrons. The van der Waals surface area contributed by atoms with E-state index in [2.05, 4.69) is 40.3 Å². The summed E-state index contributed by atoms with van der Waals surface area (Å²) in [4.78, 5) is 4.62. The minimum atomic E-state index is 0.941. The number of hydrogen-bond donors (Lipinski definition) is 1. The van der Waals surface area contributed by atoms with Crippen LogP contribution in [0.4, 0.5) is 0 Å². The molecule has 0 aliphatic rings. The molecule has 1 aromatic carbocycles. The number of nitrogens with zero attached hydrogens (tertiary/aromatic N) is 2. The number of fused-ring (bicyclic) bond motifs is 1. The zero-order valence-corrected chi connectivity index (χ0v) is 10.6. The van der Waals surface area contributed by atoms with Crippen LogP contribution in [0.15, 0.2) is 36.4 Å². The third-order valence-electron chi connectivity index (χ3n) is 3.19. The van der Waals surface area contributed by atoms with Gasteiger partial charge in [-0.2, -0.15) is 5.10 Å². The second kappa shape index (κ2) is 4.26. The van der Waals surface area contributed by atoms with Gasteiger partial charge in [0, 0.05) is 22.3 Å². The Hall–Kier alpha value is -2.16. The van der Waals surface area contributed by atoms with Crippen molar-refractivity contribution in [1.29, 1.82) is 0 Å². The highest BCUT2D eigenvalue weighted by molar-refractivity contribution is 5.94. The molecule has 0 saturated carbocycles. The quantitative estimate of drug-likeness (QED) is 0.741. The Morgan fingerprint density at radius 2 is 1.94 bits per heavy atom. The van der Waals surface area contributed by atoms with Crippen LogP contribution in [0, 0.1) is 6.92 Å². The normalized spacial score (nSPS) is 11.0. The lowest BCUT2D eigenvalue weighted by Gasteiger charge is -2.02. The summed E-state index contributed by atoms with van der Waals surface area (Å²) in [6.45, 7) is 4.16. The van der Waals surface area contributed by atoms with Crippen molar-refractivity contribution in [3.63, 3.8) is 0 Å². The molecule has 0 saturated heterocycles. The molecule has 0 aliphatic heterocycles. The molecule has 0 atom stereocenters. The van der Waals surface area contributed by atoms with Crippen LogP contribution in [-0.2, 0) is 6.42 Å². The van der Waals surface area contributed by atoms with E-state index in [0.29, 0.717) is 0 Å². The lowest BCUT2D eigenvalue weighted by Crippen LogP contribution is -1.91. The van der Waals surface area contributed by atoms with Crippen molar-refractivity contribution in [2.45, 2.75) is 20.3 Å². The van der Waals surface area contributed by atoms with Gasteiger partial charge in [0.1, 0.15) is 5.69 Å². The number of nitrogens with one attached hydrogen (secondary N) is 1. The van der Waals surface area contributed by atoms with Crippen LogP contribution >= 0.6 is 0 Å². The summed E-state index contributed by atoms with van der Waals surface area (Å²) in [5, 5.41) is 8.67. The number of benzene rings is 1. The molecule has 2 aromatic heterocycles. The first kappa shape index (κ1) is 11.0. The van der Waals surface area contributed by atoms with E-state index >= 15 is 0 Å². The number of pyridine rings is 1. The zero-order chi connectivity index (χ0) is 12.5. The lowest BCUT2D eigenvalue weighted by atomic mass is 10.1. The Morgan fingerprint density at radius 1 is 1.17 bits per heavy atom. The first-order chi connectivity index (χ1) is 8.79. The Labute approximate surface area is 106 Å². The molecule has 0 amide bonds. The van der Waals surface area contributed by atoms with Crippen molar-refractivity contribution < 1.29 is 0 Å². The van der Waals surface area contributed by atoms with Crippen LogP contribution in [0.1, 0.15) is 18.3 Å². The van der Waals surface area contributed by atoms with Gasteiger partial charge in [0.2, 0.25) is 0 Å². The maximum Gasteiger partial charge on any atom is 0.102 e. The molecule has 3 aromatic rings. The van der Waals surface area contributed by atoms with E-state index in [1.54, 1.807) is 0 Å². The predicted molar refractivity (Wildman–Crippen MR) is 73.4 cm³/mol. The van der Waals surface area contributed by atoms with Crippen molar-refractivity contribution >= 4 is 10.9 Å². The van der Waals surface area contributed by atoms with Crippen LogP contribution in [-0.4, -0.2) is 15.2 Å². The van der Waals surface area contributed by atoms with Crippen LogP contribution in [0.5, 0.6) is 0 Å². The fourth-order valence-electron chi connectivity index (χ4n) is 2.28. The van der Waals surface area contributed by atoms with Gasteiger partial charge < -0.3 is 0 Å². The molecule has 18 heavy (non-hydrogen) atoms. The van der Waals surface area contributed by atoms with E-state index < -0.39 is 0 Å². The second-order valence-corrected chi connectivity index (χ2v) is 4.41. The molecule has 0 aliphatic carbocycles. The van der Waals surface area contributed by atoms with Gasteiger partial charge in [-0.1, -0.05) is 37.3 Å². The highest BCUT2D eigenvalue weighted by Crippen LogP contribution is 2.28. The molecule has 0 unspecified atom stereocenters. The summed E-state index contributed by atoms with van der Waals surface area (Å²) in [7, 11) is 0. The van der Waals surface area contributed by atoms with Crippen LogP contribution in [0.2, 0.25) is 0 Å². The van der Waals surface area contributed by atoms with Crippen LogP contribution in [0.3, 0.4) is 0 Å². The van der Waals surface area contributed by atoms with E-state index in [-0.39, 0.29) is 0 Å². The van der Waals surface area contributed by atoms with Crippen molar-refractivity contribution in [2.24, 2.45) is 0 Å². The van der Waals surface area contributed by atoms with Crippen molar-refractivity contribution in [1.82, 2.24) is 15.2 Å². The van der Waals surface area contributed by atoms with E-state index in [4.69, 9.17) is 0 Å². The smallest absolute Gasteiger partial charge is 0.102 e. The number of H-pyrrole nitrogens is 1. The van der Waals surface area contributed by atoms with Gasteiger partial charge >= 0.3 is 0 Å². The SMILES string of the molecule is CCc1cc2[nH]nc(-c3ccccc3)c2c(C)n1. The monoisotopic (exact) mass is 237 g/mol. The topological polar surface area (TPSA) is 41.6 Å². The molecule has 2 heterocycles. The minimum absolute atomic E-state index is 0.941. The van der Waals surface area contributed by atoms with E-state index in [1.807, 2.05) is 25.1 Å². The Morgan fingerprint density at radius 3 is 2.67 bits per heavy atom. The van der Waals surface area contributed by atoms with Gasteiger partial charge in [-0.3, -0.25) is 10.1 Å². The number of aromatic nitrogens is 3. The molecule has 0 spiro atoms. The fraction of sp³-hybridized carbons (Fsp3) is 0.200. The minimum Gasteiger partial charge on any atom is -0.277 e. The van der Waals surface area contributed by atoms with Crippen molar-refractivity contribution in [3.8, 4) is 11.3 Å². The standard InChI is InChI=1S/C15H15N3/c1-3-12-9-13-14(10(2)16-12)15(18-17-13)11-7-5-4-6-8-11/h4-9H,3H2,1-2H3,(H,17,18). The van der Waals surface area contributed by atoms with Crippen LogP contribution in [0.25, 0.3) is 22.2 Å². The molecule has 3 rings (SSSR count). The third-order valence-corrected chi connectivity index (χ3v) is 3.19. The number of aryl methyl sites for hydroxylation is 2. The molecular weight excluding hydrogens is 222 g/mol. The third kappa shape index (κ3) is 1.68. The number of hydrogen-bond acceptors (Lipinski definition) is 2. The van der Waals surface area contributed by atoms with Gasteiger partial charge in [0.05, 0.1) is 5.52 Å². The molecule has 1 N–H and O–H groups in total. The summed E-state index contributed by atoms with van der Waals surface area (Å²) in [5.41, 5.74) is 5.31. The van der Waals surface area contributed by atoms with Crippen molar-refractivity contribution in [2.75, 3.05) is 0 Å². The zero-order valence-electron chi connectivity index (χ0n) is 10.6. The molecule has 0 fully saturated rings. The molecule has 0 bridgehead atoms. The van der Waals surface area contributed by atoms with Gasteiger partial charge in [0.25, 0.3) is 0 Å². The number of rotatable bonds is 2. The number of aromatic amines is 1. The Bertz CT molecular complexity index is 684. The average Bonchev–Trinajstić information content (AvgIpc) is 2.84. The van der Waals surface area contributed by atoms with E-state index in [1.165, 1.54) is 0 Å². The summed E-state index contributed by atoms with van der Waals surface area (Å²) in [5.74, 6) is 0. The maximum atomic E-state index is 4.62. The first-order valence-electron chi connectivity index (χ1n) is 6.19. The average molecular weight is 237 g/mol. The van der Waals surface area contributed by atoms with Gasteiger partial charge in [-0.15, -0.1) is 0 Å². The van der Waals surface area contributed by atoms with E-state index in [9.17, 15) is 0 Å². The first-order valence-corrected chi connectivity index (χ1v) is 6.19.